The van der Waals surface area contributed by atoms with E-state index in [1.165, 1.54) is 6.33 Å². The van der Waals surface area contributed by atoms with Crippen molar-refractivity contribution in [1.29, 1.82) is 0 Å². The van der Waals surface area contributed by atoms with Crippen LogP contribution in [0.15, 0.2) is 54.9 Å². The SMILES string of the molecule is Cc1ccc(Nc2ncnc(Nc3ccccc3)c2[N+](=O)[O-])cc1Cl. The lowest BCUT2D eigenvalue weighted by molar-refractivity contribution is -0.383. The molecular formula is C17H14ClN5O2. The molecule has 3 aromatic rings. The molecule has 2 N–H and O–H groups in total. The second-order valence-electron chi connectivity index (χ2n) is 5.26. The molecule has 1 aromatic heterocycles. The van der Waals surface area contributed by atoms with Crippen molar-refractivity contribution in [3.63, 3.8) is 0 Å². The second-order valence-corrected chi connectivity index (χ2v) is 5.66. The first-order valence-corrected chi connectivity index (χ1v) is 7.77. The molecule has 2 aromatic carbocycles. The average Bonchev–Trinajstić information content (AvgIpc) is 2.59. The van der Waals surface area contributed by atoms with Crippen LogP contribution in [0.1, 0.15) is 5.56 Å². The number of halogens is 1. The highest BCUT2D eigenvalue weighted by Gasteiger charge is 2.23. The Morgan fingerprint density at radius 2 is 1.64 bits per heavy atom. The Morgan fingerprint density at radius 3 is 2.24 bits per heavy atom. The van der Waals surface area contributed by atoms with Crippen molar-refractivity contribution in [2.24, 2.45) is 0 Å². The van der Waals surface area contributed by atoms with Gasteiger partial charge in [-0.25, -0.2) is 9.97 Å². The molecule has 8 heteroatoms. The number of para-hydroxylation sites is 1. The third-order valence-electron chi connectivity index (χ3n) is 3.48. The molecule has 1 heterocycles. The van der Waals surface area contributed by atoms with Gasteiger partial charge < -0.3 is 10.6 Å². The summed E-state index contributed by atoms with van der Waals surface area (Å²) < 4.78 is 0. The lowest BCUT2D eigenvalue weighted by Gasteiger charge is -2.10. The van der Waals surface area contributed by atoms with Gasteiger partial charge in [0.2, 0.25) is 11.6 Å². The molecule has 25 heavy (non-hydrogen) atoms. The molecule has 0 saturated carbocycles. The van der Waals surface area contributed by atoms with Crippen LogP contribution in [0.25, 0.3) is 0 Å². The van der Waals surface area contributed by atoms with E-state index in [1.807, 2.05) is 31.2 Å². The van der Waals surface area contributed by atoms with Crippen LogP contribution >= 0.6 is 11.6 Å². The van der Waals surface area contributed by atoms with Gasteiger partial charge in [-0.3, -0.25) is 10.1 Å². The minimum Gasteiger partial charge on any atom is -0.334 e. The Bertz CT molecular complexity index is 918. The van der Waals surface area contributed by atoms with Crippen molar-refractivity contribution < 1.29 is 4.92 Å². The topological polar surface area (TPSA) is 93.0 Å². The number of hydrogen-bond acceptors (Lipinski definition) is 6. The Kier molecular flexibility index (Phi) is 4.76. The lowest BCUT2D eigenvalue weighted by Crippen LogP contribution is -2.05. The van der Waals surface area contributed by atoms with Crippen LogP contribution in [0.4, 0.5) is 28.7 Å². The van der Waals surface area contributed by atoms with Gasteiger partial charge in [0, 0.05) is 16.4 Å². The number of aryl methyl sites for hydroxylation is 1. The minimum absolute atomic E-state index is 0.0818. The van der Waals surface area contributed by atoms with Crippen LogP contribution in [-0.2, 0) is 0 Å². The van der Waals surface area contributed by atoms with Gasteiger partial charge >= 0.3 is 5.69 Å². The predicted octanol–water partition coefficient (Wildman–Crippen LogP) is 4.83. The number of nitrogens with one attached hydrogen (secondary N) is 2. The molecule has 0 atom stereocenters. The normalized spacial score (nSPS) is 10.3. The lowest BCUT2D eigenvalue weighted by atomic mass is 10.2. The third-order valence-corrected chi connectivity index (χ3v) is 3.88. The zero-order chi connectivity index (χ0) is 17.8. The second kappa shape index (κ2) is 7.14. The Labute approximate surface area is 148 Å². The van der Waals surface area contributed by atoms with E-state index in [2.05, 4.69) is 20.6 Å². The van der Waals surface area contributed by atoms with Gasteiger partial charge in [0.1, 0.15) is 6.33 Å². The highest BCUT2D eigenvalue weighted by molar-refractivity contribution is 6.31. The summed E-state index contributed by atoms with van der Waals surface area (Å²) in [4.78, 5) is 19.0. The molecule has 0 radical (unpaired) electrons. The van der Waals surface area contributed by atoms with E-state index < -0.39 is 4.92 Å². The fourth-order valence-electron chi connectivity index (χ4n) is 2.20. The summed E-state index contributed by atoms with van der Waals surface area (Å²) >= 11 is 6.10. The van der Waals surface area contributed by atoms with Crippen LogP contribution in [0.3, 0.4) is 0 Å². The van der Waals surface area contributed by atoms with Crippen LogP contribution in [-0.4, -0.2) is 14.9 Å². The zero-order valence-corrected chi connectivity index (χ0v) is 14.0. The monoisotopic (exact) mass is 355 g/mol. The zero-order valence-electron chi connectivity index (χ0n) is 13.2. The number of nitrogens with zero attached hydrogens (tertiary/aromatic N) is 3. The van der Waals surface area contributed by atoms with E-state index in [9.17, 15) is 10.1 Å². The average molecular weight is 356 g/mol. The van der Waals surface area contributed by atoms with Crippen molar-refractivity contribution in [2.75, 3.05) is 10.6 Å². The summed E-state index contributed by atoms with van der Waals surface area (Å²) in [7, 11) is 0. The maximum absolute atomic E-state index is 11.6. The fraction of sp³-hybridized carbons (Fsp3) is 0.0588. The summed E-state index contributed by atoms with van der Waals surface area (Å²) in [5.41, 5.74) is 1.95. The summed E-state index contributed by atoms with van der Waals surface area (Å²) in [6, 6.07) is 14.4. The van der Waals surface area contributed by atoms with E-state index in [1.54, 1.807) is 24.3 Å². The van der Waals surface area contributed by atoms with Gasteiger partial charge in [0.15, 0.2) is 0 Å². The van der Waals surface area contributed by atoms with Gasteiger partial charge in [-0.2, -0.15) is 0 Å². The number of nitro groups is 1. The molecule has 0 amide bonds. The Hall–Kier alpha value is -3.19. The molecule has 0 aliphatic rings. The summed E-state index contributed by atoms with van der Waals surface area (Å²) in [5, 5.41) is 18.0. The Balaban J connectivity index is 1.97. The van der Waals surface area contributed by atoms with E-state index >= 15 is 0 Å². The summed E-state index contributed by atoms with van der Waals surface area (Å²) in [5.74, 6) is 0.185. The number of benzene rings is 2. The quantitative estimate of drug-likeness (QED) is 0.502. The molecule has 126 valence electrons. The standard InChI is InChI=1S/C17H14ClN5O2/c1-11-7-8-13(9-14(11)18)22-17-15(23(24)25)16(19-10-20-17)21-12-5-3-2-4-6-12/h2-10H,1H3,(H2,19,20,21,22). The molecule has 0 fully saturated rings. The van der Waals surface area contributed by atoms with Crippen molar-refractivity contribution in [3.8, 4) is 0 Å². The van der Waals surface area contributed by atoms with Crippen LogP contribution in [0.5, 0.6) is 0 Å². The van der Waals surface area contributed by atoms with Crippen molar-refractivity contribution in [2.45, 2.75) is 6.92 Å². The van der Waals surface area contributed by atoms with Crippen LogP contribution in [0.2, 0.25) is 5.02 Å². The first-order valence-electron chi connectivity index (χ1n) is 7.39. The first kappa shape index (κ1) is 16.7. The van der Waals surface area contributed by atoms with Gasteiger partial charge in [-0.1, -0.05) is 35.9 Å². The molecule has 0 bridgehead atoms. The van der Waals surface area contributed by atoms with Crippen molar-refractivity contribution in [1.82, 2.24) is 9.97 Å². The number of anilines is 4. The van der Waals surface area contributed by atoms with Crippen molar-refractivity contribution in [3.05, 3.63) is 75.6 Å². The van der Waals surface area contributed by atoms with E-state index in [0.717, 1.165) is 5.56 Å². The highest BCUT2D eigenvalue weighted by atomic mass is 35.5. The maximum Gasteiger partial charge on any atom is 0.353 e. The molecule has 3 rings (SSSR count). The summed E-state index contributed by atoms with van der Waals surface area (Å²) in [6.07, 6.45) is 1.26. The van der Waals surface area contributed by atoms with Gasteiger partial charge in [-0.05, 0) is 36.8 Å². The van der Waals surface area contributed by atoms with Gasteiger partial charge in [0.25, 0.3) is 0 Å². The van der Waals surface area contributed by atoms with E-state index in [4.69, 9.17) is 11.6 Å². The van der Waals surface area contributed by atoms with Crippen LogP contribution in [0, 0.1) is 17.0 Å². The Morgan fingerprint density at radius 1 is 1.00 bits per heavy atom. The maximum atomic E-state index is 11.6. The van der Waals surface area contributed by atoms with Gasteiger partial charge in [0.05, 0.1) is 4.92 Å². The predicted molar refractivity (Wildman–Crippen MR) is 97.9 cm³/mol. The minimum atomic E-state index is -0.524. The van der Waals surface area contributed by atoms with Crippen LogP contribution < -0.4 is 10.6 Å². The van der Waals surface area contributed by atoms with Gasteiger partial charge in [-0.15, -0.1) is 0 Å². The third kappa shape index (κ3) is 3.84. The molecule has 0 spiro atoms. The largest absolute Gasteiger partial charge is 0.353 e. The highest BCUT2D eigenvalue weighted by Crippen LogP contribution is 2.33. The summed E-state index contributed by atoms with van der Waals surface area (Å²) in [6.45, 7) is 1.88. The molecular weight excluding hydrogens is 342 g/mol. The molecule has 7 nitrogen and oxygen atoms in total. The molecule has 0 aliphatic carbocycles. The number of rotatable bonds is 5. The number of aromatic nitrogens is 2. The van der Waals surface area contributed by atoms with E-state index in [-0.39, 0.29) is 17.3 Å². The number of hydrogen-bond donors (Lipinski definition) is 2. The first-order chi connectivity index (χ1) is 12.0. The molecule has 0 saturated heterocycles. The fourth-order valence-corrected chi connectivity index (χ4v) is 2.38. The smallest absolute Gasteiger partial charge is 0.334 e. The van der Waals surface area contributed by atoms with Crippen molar-refractivity contribution >= 4 is 40.3 Å². The molecule has 0 aliphatic heterocycles. The van der Waals surface area contributed by atoms with E-state index in [0.29, 0.717) is 16.4 Å². The molecule has 0 unspecified atom stereocenters.